The third-order valence-corrected chi connectivity index (χ3v) is 5.37. The normalized spacial score (nSPS) is 24.6. The number of hydrogen-bond acceptors (Lipinski definition) is 3. The van der Waals surface area contributed by atoms with Crippen molar-refractivity contribution in [3.05, 3.63) is 29.3 Å². The molecule has 1 amide bonds. The first-order valence-electron chi connectivity index (χ1n) is 8.62. The van der Waals surface area contributed by atoms with Crippen molar-refractivity contribution >= 4 is 5.91 Å². The van der Waals surface area contributed by atoms with Gasteiger partial charge in [0, 0.05) is 24.1 Å². The largest absolute Gasteiger partial charge is 0.497 e. The third-order valence-electron chi connectivity index (χ3n) is 5.37. The van der Waals surface area contributed by atoms with Crippen LogP contribution in [0.1, 0.15) is 48.0 Å². The Bertz CT molecular complexity index is 582. The highest BCUT2D eigenvalue weighted by Gasteiger charge is 2.41. The van der Waals surface area contributed by atoms with Crippen molar-refractivity contribution in [3.63, 3.8) is 0 Å². The van der Waals surface area contributed by atoms with Gasteiger partial charge in [-0.2, -0.15) is 0 Å². The van der Waals surface area contributed by atoms with E-state index in [0.29, 0.717) is 6.54 Å². The molecule has 1 saturated carbocycles. The zero-order valence-electron chi connectivity index (χ0n) is 14.2. The highest BCUT2D eigenvalue weighted by atomic mass is 16.5. The number of carbonyl (C=O) groups is 1. The number of carbonyl (C=O) groups excluding carboxylic acids is 1. The van der Waals surface area contributed by atoms with Crippen molar-refractivity contribution in [2.75, 3.05) is 26.8 Å². The first kappa shape index (κ1) is 16.3. The van der Waals surface area contributed by atoms with Crippen LogP contribution in [0.25, 0.3) is 0 Å². The standard InChI is InChI=1S/C19H27NO3/c1-14-10-16(23-2)6-7-17(14)18(22)20-9-3-8-19(12-20,13-21)11-15-4-5-15/h6-7,10,15,21H,3-5,8-9,11-13H2,1-2H3/t19-/m1/s1. The maximum Gasteiger partial charge on any atom is 0.254 e. The fourth-order valence-corrected chi connectivity index (χ4v) is 3.85. The van der Waals surface area contributed by atoms with E-state index in [1.807, 2.05) is 30.0 Å². The van der Waals surface area contributed by atoms with E-state index in [4.69, 9.17) is 4.74 Å². The Morgan fingerprint density at radius 3 is 2.83 bits per heavy atom. The topological polar surface area (TPSA) is 49.8 Å². The summed E-state index contributed by atoms with van der Waals surface area (Å²) < 4.78 is 5.22. The van der Waals surface area contributed by atoms with Gasteiger partial charge in [-0.3, -0.25) is 4.79 Å². The fraction of sp³-hybridized carbons (Fsp3) is 0.632. The van der Waals surface area contributed by atoms with E-state index in [9.17, 15) is 9.90 Å². The third kappa shape index (κ3) is 3.52. The summed E-state index contributed by atoms with van der Waals surface area (Å²) >= 11 is 0. The molecule has 1 aliphatic carbocycles. The van der Waals surface area contributed by atoms with Gasteiger partial charge in [-0.25, -0.2) is 0 Å². The van der Waals surface area contributed by atoms with Crippen LogP contribution in [0.3, 0.4) is 0 Å². The van der Waals surface area contributed by atoms with Gasteiger partial charge in [0.05, 0.1) is 13.7 Å². The SMILES string of the molecule is COc1ccc(C(=O)N2CCC[C@@](CO)(CC3CC3)C2)c(C)c1. The van der Waals surface area contributed by atoms with Crippen molar-refractivity contribution < 1.29 is 14.6 Å². The first-order chi connectivity index (χ1) is 11.1. The molecule has 0 radical (unpaired) electrons. The minimum atomic E-state index is -0.0878. The highest BCUT2D eigenvalue weighted by Crippen LogP contribution is 2.44. The van der Waals surface area contributed by atoms with Crippen molar-refractivity contribution in [2.45, 2.75) is 39.0 Å². The zero-order valence-corrected chi connectivity index (χ0v) is 14.2. The maximum atomic E-state index is 12.9. The van der Waals surface area contributed by atoms with E-state index >= 15 is 0 Å². The number of ether oxygens (including phenoxy) is 1. The number of likely N-dealkylation sites (tertiary alicyclic amines) is 1. The Morgan fingerprint density at radius 1 is 1.43 bits per heavy atom. The molecular formula is C19H27NO3. The van der Waals surface area contributed by atoms with Crippen LogP contribution in [-0.4, -0.2) is 42.7 Å². The number of piperidine rings is 1. The first-order valence-corrected chi connectivity index (χ1v) is 8.62. The summed E-state index contributed by atoms with van der Waals surface area (Å²) in [5, 5.41) is 9.96. The van der Waals surface area contributed by atoms with Gasteiger partial charge >= 0.3 is 0 Å². The van der Waals surface area contributed by atoms with Gasteiger partial charge in [-0.05, 0) is 55.9 Å². The second-order valence-corrected chi connectivity index (χ2v) is 7.32. The predicted molar refractivity (Wildman–Crippen MR) is 89.7 cm³/mol. The highest BCUT2D eigenvalue weighted by molar-refractivity contribution is 5.96. The number of rotatable bonds is 5. The molecule has 0 spiro atoms. The Labute approximate surface area is 138 Å². The molecule has 0 aromatic heterocycles. The Balaban J connectivity index is 1.76. The molecule has 1 saturated heterocycles. The molecule has 2 fully saturated rings. The molecule has 1 aromatic carbocycles. The fourth-order valence-electron chi connectivity index (χ4n) is 3.85. The molecule has 3 rings (SSSR count). The van der Waals surface area contributed by atoms with Crippen LogP contribution in [0, 0.1) is 18.3 Å². The summed E-state index contributed by atoms with van der Waals surface area (Å²) in [7, 11) is 1.63. The van der Waals surface area contributed by atoms with Crippen molar-refractivity contribution in [1.29, 1.82) is 0 Å². The molecule has 126 valence electrons. The smallest absolute Gasteiger partial charge is 0.254 e. The molecule has 0 bridgehead atoms. The molecule has 1 aromatic rings. The van der Waals surface area contributed by atoms with Gasteiger partial charge in [0.1, 0.15) is 5.75 Å². The summed E-state index contributed by atoms with van der Waals surface area (Å²) in [6, 6.07) is 5.60. The van der Waals surface area contributed by atoms with Crippen LogP contribution < -0.4 is 4.74 Å². The lowest BCUT2D eigenvalue weighted by molar-refractivity contribution is 0.0196. The number of nitrogens with zero attached hydrogens (tertiary/aromatic N) is 1. The van der Waals surface area contributed by atoms with E-state index in [1.165, 1.54) is 12.8 Å². The number of aryl methyl sites for hydroxylation is 1. The number of benzene rings is 1. The van der Waals surface area contributed by atoms with Crippen LogP contribution >= 0.6 is 0 Å². The van der Waals surface area contributed by atoms with E-state index in [-0.39, 0.29) is 17.9 Å². The molecule has 0 unspecified atom stereocenters. The minimum absolute atomic E-state index is 0.0819. The summed E-state index contributed by atoms with van der Waals surface area (Å²) in [5.74, 6) is 1.62. The lowest BCUT2D eigenvalue weighted by atomic mass is 9.76. The van der Waals surface area contributed by atoms with Crippen LogP contribution in [-0.2, 0) is 0 Å². The summed E-state index contributed by atoms with van der Waals surface area (Å²) in [6.07, 6.45) is 5.65. The van der Waals surface area contributed by atoms with E-state index < -0.39 is 0 Å². The monoisotopic (exact) mass is 317 g/mol. The lowest BCUT2D eigenvalue weighted by Crippen LogP contribution is -2.48. The molecule has 1 N–H and O–H groups in total. The number of aliphatic hydroxyl groups excluding tert-OH is 1. The molecule has 4 nitrogen and oxygen atoms in total. The molecule has 1 heterocycles. The summed E-state index contributed by atoms with van der Waals surface area (Å²) in [5.41, 5.74) is 1.60. The average molecular weight is 317 g/mol. The lowest BCUT2D eigenvalue weighted by Gasteiger charge is -2.42. The van der Waals surface area contributed by atoms with Gasteiger partial charge in [0.15, 0.2) is 0 Å². The molecule has 1 aliphatic heterocycles. The number of aliphatic hydroxyl groups is 1. The van der Waals surface area contributed by atoms with E-state index in [2.05, 4.69) is 0 Å². The Hall–Kier alpha value is -1.55. The number of methoxy groups -OCH3 is 1. The van der Waals surface area contributed by atoms with E-state index in [0.717, 1.165) is 48.6 Å². The number of amides is 1. The predicted octanol–water partition coefficient (Wildman–Crippen LogP) is 3.02. The Morgan fingerprint density at radius 2 is 2.22 bits per heavy atom. The summed E-state index contributed by atoms with van der Waals surface area (Å²) in [6.45, 7) is 3.61. The molecule has 23 heavy (non-hydrogen) atoms. The van der Waals surface area contributed by atoms with Gasteiger partial charge in [-0.15, -0.1) is 0 Å². The molecular weight excluding hydrogens is 290 g/mol. The van der Waals surface area contributed by atoms with E-state index in [1.54, 1.807) is 7.11 Å². The van der Waals surface area contributed by atoms with Gasteiger partial charge in [-0.1, -0.05) is 12.8 Å². The Kier molecular flexibility index (Phi) is 4.62. The molecule has 1 atom stereocenters. The molecule has 4 heteroatoms. The quantitative estimate of drug-likeness (QED) is 0.908. The van der Waals surface area contributed by atoms with Crippen LogP contribution in [0.15, 0.2) is 18.2 Å². The van der Waals surface area contributed by atoms with Crippen LogP contribution in [0.5, 0.6) is 5.75 Å². The average Bonchev–Trinajstić information content (AvgIpc) is 3.38. The summed E-state index contributed by atoms with van der Waals surface area (Å²) in [4.78, 5) is 14.9. The van der Waals surface area contributed by atoms with Crippen molar-refractivity contribution in [2.24, 2.45) is 11.3 Å². The second-order valence-electron chi connectivity index (χ2n) is 7.32. The van der Waals surface area contributed by atoms with Crippen molar-refractivity contribution in [1.82, 2.24) is 4.90 Å². The number of hydrogen-bond donors (Lipinski definition) is 1. The molecule has 2 aliphatic rings. The second kappa shape index (κ2) is 6.52. The van der Waals surface area contributed by atoms with Gasteiger partial charge < -0.3 is 14.7 Å². The minimum Gasteiger partial charge on any atom is -0.497 e. The van der Waals surface area contributed by atoms with Gasteiger partial charge in [0.2, 0.25) is 0 Å². The van der Waals surface area contributed by atoms with Crippen molar-refractivity contribution in [3.8, 4) is 5.75 Å². The maximum absolute atomic E-state index is 12.9. The van der Waals surface area contributed by atoms with Gasteiger partial charge in [0.25, 0.3) is 5.91 Å². The van der Waals surface area contributed by atoms with Crippen LogP contribution in [0.4, 0.5) is 0 Å². The van der Waals surface area contributed by atoms with Crippen LogP contribution in [0.2, 0.25) is 0 Å². The zero-order chi connectivity index (χ0) is 16.4.